The Morgan fingerprint density at radius 1 is 1.46 bits per heavy atom. The Morgan fingerprint density at radius 3 is 2.92 bits per heavy atom. The zero-order valence-corrected chi connectivity index (χ0v) is 8.06. The summed E-state index contributed by atoms with van der Waals surface area (Å²) in [6.07, 6.45) is 0. The highest BCUT2D eigenvalue weighted by molar-refractivity contribution is 6.31. The minimum atomic E-state index is 0.500. The molecule has 2 aromatic rings. The third-order valence-corrected chi connectivity index (χ3v) is 2.40. The number of rotatable bonds is 1. The largest absolute Gasteiger partial charge is 0.461 e. The molecule has 2 rings (SSSR count). The minimum Gasteiger partial charge on any atom is -0.461 e. The molecule has 2 nitrogen and oxygen atoms in total. The van der Waals surface area contributed by atoms with Crippen LogP contribution in [0, 0.1) is 6.92 Å². The van der Waals surface area contributed by atoms with E-state index in [4.69, 9.17) is 21.8 Å². The maximum atomic E-state index is 5.83. The fourth-order valence-corrected chi connectivity index (χ4v) is 1.66. The monoisotopic (exact) mass is 195 g/mol. The topological polar surface area (TPSA) is 39.2 Å². The van der Waals surface area contributed by atoms with E-state index < -0.39 is 0 Å². The molecule has 0 spiro atoms. The number of nitrogens with two attached hydrogens (primary N) is 1. The van der Waals surface area contributed by atoms with Crippen molar-refractivity contribution in [1.82, 2.24) is 0 Å². The van der Waals surface area contributed by atoms with E-state index in [2.05, 4.69) is 0 Å². The number of halogens is 1. The van der Waals surface area contributed by atoms with Gasteiger partial charge in [0.05, 0.1) is 0 Å². The molecule has 0 aliphatic carbocycles. The first-order valence-electron chi connectivity index (χ1n) is 4.10. The summed E-state index contributed by atoms with van der Waals surface area (Å²) < 4.78 is 5.51. The normalized spacial score (nSPS) is 11.0. The van der Waals surface area contributed by atoms with Gasteiger partial charge in [-0.25, -0.2) is 0 Å². The van der Waals surface area contributed by atoms with Gasteiger partial charge in [-0.3, -0.25) is 0 Å². The summed E-state index contributed by atoms with van der Waals surface area (Å²) in [6, 6.07) is 5.59. The van der Waals surface area contributed by atoms with Crippen molar-refractivity contribution in [1.29, 1.82) is 0 Å². The maximum Gasteiger partial charge on any atom is 0.136 e. The van der Waals surface area contributed by atoms with Crippen LogP contribution in [0.25, 0.3) is 11.0 Å². The molecule has 2 N–H and O–H groups in total. The summed E-state index contributed by atoms with van der Waals surface area (Å²) >= 11 is 5.83. The van der Waals surface area contributed by atoms with Gasteiger partial charge in [-0.05, 0) is 19.1 Å². The van der Waals surface area contributed by atoms with Crippen LogP contribution in [0.2, 0.25) is 5.02 Å². The Kier molecular flexibility index (Phi) is 2.02. The molecule has 1 aromatic heterocycles. The Bertz CT molecular complexity index is 447. The Morgan fingerprint density at radius 2 is 2.23 bits per heavy atom. The maximum absolute atomic E-state index is 5.83. The van der Waals surface area contributed by atoms with Crippen molar-refractivity contribution in [3.8, 4) is 0 Å². The summed E-state index contributed by atoms with van der Waals surface area (Å²) in [6.45, 7) is 2.41. The fourth-order valence-electron chi connectivity index (χ4n) is 1.50. The second-order valence-corrected chi connectivity index (χ2v) is 3.42. The van der Waals surface area contributed by atoms with Crippen LogP contribution in [0.5, 0.6) is 0 Å². The van der Waals surface area contributed by atoms with Crippen molar-refractivity contribution in [2.24, 2.45) is 5.73 Å². The smallest absolute Gasteiger partial charge is 0.136 e. The van der Waals surface area contributed by atoms with Crippen molar-refractivity contribution in [3.63, 3.8) is 0 Å². The molecule has 0 atom stereocenters. The van der Waals surface area contributed by atoms with Gasteiger partial charge in [0, 0.05) is 28.6 Å². The van der Waals surface area contributed by atoms with Crippen LogP contribution in [0.3, 0.4) is 0 Å². The lowest BCUT2D eigenvalue weighted by molar-refractivity contribution is 0.572. The van der Waals surface area contributed by atoms with Crippen molar-refractivity contribution in [2.75, 3.05) is 0 Å². The molecule has 68 valence electrons. The van der Waals surface area contributed by atoms with Crippen LogP contribution in [0.1, 0.15) is 11.3 Å². The van der Waals surface area contributed by atoms with Gasteiger partial charge in [0.15, 0.2) is 0 Å². The van der Waals surface area contributed by atoms with E-state index in [9.17, 15) is 0 Å². The second kappa shape index (κ2) is 3.05. The minimum absolute atomic E-state index is 0.500. The highest BCUT2D eigenvalue weighted by atomic mass is 35.5. The standard InChI is InChI=1S/C10H10ClNO/c1-6-9(5-12)8-3-2-7(11)4-10(8)13-6/h2-4H,5,12H2,1H3. The second-order valence-electron chi connectivity index (χ2n) is 2.98. The van der Waals surface area contributed by atoms with E-state index in [-0.39, 0.29) is 0 Å². The summed E-state index contributed by atoms with van der Waals surface area (Å²) in [7, 11) is 0. The van der Waals surface area contributed by atoms with Gasteiger partial charge in [-0.15, -0.1) is 0 Å². The summed E-state index contributed by atoms with van der Waals surface area (Å²) in [4.78, 5) is 0. The third-order valence-electron chi connectivity index (χ3n) is 2.16. The van der Waals surface area contributed by atoms with Crippen LogP contribution in [0.15, 0.2) is 22.6 Å². The molecule has 1 aromatic carbocycles. The molecule has 0 saturated carbocycles. The van der Waals surface area contributed by atoms with Gasteiger partial charge in [0.2, 0.25) is 0 Å². The SMILES string of the molecule is Cc1oc2cc(Cl)ccc2c1CN. The highest BCUT2D eigenvalue weighted by Gasteiger charge is 2.08. The van der Waals surface area contributed by atoms with E-state index in [0.29, 0.717) is 11.6 Å². The molecule has 13 heavy (non-hydrogen) atoms. The van der Waals surface area contributed by atoms with Crippen molar-refractivity contribution < 1.29 is 4.42 Å². The van der Waals surface area contributed by atoms with Gasteiger partial charge in [-0.2, -0.15) is 0 Å². The number of fused-ring (bicyclic) bond motifs is 1. The predicted octanol–water partition coefficient (Wildman–Crippen LogP) is 2.85. The molecular weight excluding hydrogens is 186 g/mol. The van der Waals surface area contributed by atoms with E-state index >= 15 is 0 Å². The lowest BCUT2D eigenvalue weighted by atomic mass is 10.1. The van der Waals surface area contributed by atoms with Gasteiger partial charge < -0.3 is 10.2 Å². The van der Waals surface area contributed by atoms with Crippen LogP contribution in [0.4, 0.5) is 0 Å². The zero-order chi connectivity index (χ0) is 9.42. The number of benzene rings is 1. The Balaban J connectivity index is 2.79. The Hall–Kier alpha value is -0.990. The van der Waals surface area contributed by atoms with Crippen LogP contribution in [-0.4, -0.2) is 0 Å². The summed E-state index contributed by atoms with van der Waals surface area (Å²) in [5, 5.41) is 1.74. The molecular formula is C10H10ClNO. The molecule has 0 bridgehead atoms. The molecule has 0 aliphatic rings. The average molecular weight is 196 g/mol. The lowest BCUT2D eigenvalue weighted by Gasteiger charge is -1.92. The summed E-state index contributed by atoms with van der Waals surface area (Å²) in [5.74, 6) is 0.875. The highest BCUT2D eigenvalue weighted by Crippen LogP contribution is 2.27. The summed E-state index contributed by atoms with van der Waals surface area (Å²) in [5.41, 5.74) is 7.48. The van der Waals surface area contributed by atoms with Crippen LogP contribution < -0.4 is 5.73 Å². The molecule has 0 saturated heterocycles. The zero-order valence-electron chi connectivity index (χ0n) is 7.30. The third kappa shape index (κ3) is 1.32. The van der Waals surface area contributed by atoms with Crippen molar-refractivity contribution >= 4 is 22.6 Å². The van der Waals surface area contributed by atoms with Gasteiger partial charge in [0.1, 0.15) is 11.3 Å². The number of hydrogen-bond donors (Lipinski definition) is 1. The first-order valence-corrected chi connectivity index (χ1v) is 4.48. The quantitative estimate of drug-likeness (QED) is 0.760. The number of aryl methyl sites for hydroxylation is 1. The first kappa shape index (κ1) is 8.60. The first-order chi connectivity index (χ1) is 6.22. The molecule has 1 heterocycles. The lowest BCUT2D eigenvalue weighted by Crippen LogP contribution is -1.96. The van der Waals surface area contributed by atoms with Gasteiger partial charge in [0.25, 0.3) is 0 Å². The molecule has 3 heteroatoms. The van der Waals surface area contributed by atoms with Crippen molar-refractivity contribution in [2.45, 2.75) is 13.5 Å². The van der Waals surface area contributed by atoms with Gasteiger partial charge >= 0.3 is 0 Å². The molecule has 0 fully saturated rings. The van der Waals surface area contributed by atoms with Crippen molar-refractivity contribution in [3.05, 3.63) is 34.5 Å². The molecule has 0 aliphatic heterocycles. The number of furan rings is 1. The predicted molar refractivity (Wildman–Crippen MR) is 53.9 cm³/mol. The van der Waals surface area contributed by atoms with Crippen LogP contribution in [-0.2, 0) is 6.54 Å². The number of hydrogen-bond acceptors (Lipinski definition) is 2. The van der Waals surface area contributed by atoms with E-state index in [1.807, 2.05) is 25.1 Å². The van der Waals surface area contributed by atoms with E-state index in [0.717, 1.165) is 22.3 Å². The van der Waals surface area contributed by atoms with E-state index in [1.165, 1.54) is 0 Å². The fraction of sp³-hybridized carbons (Fsp3) is 0.200. The molecule has 0 unspecified atom stereocenters. The van der Waals surface area contributed by atoms with E-state index in [1.54, 1.807) is 0 Å². The Labute approximate surface area is 81.3 Å². The average Bonchev–Trinajstić information content (AvgIpc) is 2.39. The van der Waals surface area contributed by atoms with Crippen LogP contribution >= 0.6 is 11.6 Å². The molecule has 0 amide bonds. The van der Waals surface area contributed by atoms with Gasteiger partial charge in [-0.1, -0.05) is 11.6 Å². The molecule has 0 radical (unpaired) electrons.